The van der Waals surface area contributed by atoms with Crippen LogP contribution in [0.3, 0.4) is 0 Å². The number of aromatic hydroxyl groups is 1. The molecule has 1 aromatic carbocycles. The summed E-state index contributed by atoms with van der Waals surface area (Å²) in [7, 11) is 0. The lowest BCUT2D eigenvalue weighted by Crippen LogP contribution is -2.57. The number of hydrogen-bond donors (Lipinski definition) is 3. The van der Waals surface area contributed by atoms with Crippen molar-refractivity contribution in [2.24, 2.45) is 0 Å². The molecule has 8 nitrogen and oxygen atoms in total. The zero-order chi connectivity index (χ0) is 19.8. The van der Waals surface area contributed by atoms with Gasteiger partial charge in [0.2, 0.25) is 0 Å². The summed E-state index contributed by atoms with van der Waals surface area (Å²) in [5, 5.41) is 20.7. The molecule has 2 fully saturated rings. The van der Waals surface area contributed by atoms with E-state index in [1.807, 2.05) is 12.3 Å². The lowest BCUT2D eigenvalue weighted by atomic mass is 10.00. The molecule has 2 atom stereocenters. The van der Waals surface area contributed by atoms with E-state index in [4.69, 9.17) is 4.74 Å². The molecule has 0 aliphatic carbocycles. The van der Waals surface area contributed by atoms with Crippen molar-refractivity contribution >= 4 is 17.0 Å². The molecular formula is C20H23FN6O2. The van der Waals surface area contributed by atoms with E-state index in [2.05, 4.69) is 25.6 Å². The maximum absolute atomic E-state index is 13.4. The number of ether oxygens (including phenoxy) is 1. The predicted molar refractivity (Wildman–Crippen MR) is 106 cm³/mol. The Kier molecular flexibility index (Phi) is 4.78. The molecule has 3 N–H and O–H groups in total. The number of nitrogens with zero attached hydrogens (tertiary/aromatic N) is 4. The first-order valence-electron chi connectivity index (χ1n) is 9.81. The molecule has 2 aliphatic heterocycles. The zero-order valence-electron chi connectivity index (χ0n) is 15.9. The summed E-state index contributed by atoms with van der Waals surface area (Å²) in [5.41, 5.74) is 2.52. The highest BCUT2D eigenvalue weighted by Crippen LogP contribution is 2.28. The van der Waals surface area contributed by atoms with Crippen LogP contribution in [-0.2, 0) is 11.3 Å². The van der Waals surface area contributed by atoms with Crippen molar-refractivity contribution in [3.63, 3.8) is 0 Å². The number of halogens is 1. The van der Waals surface area contributed by atoms with Crippen LogP contribution in [0.4, 0.5) is 15.9 Å². The van der Waals surface area contributed by atoms with Crippen LogP contribution in [0.2, 0.25) is 0 Å². The topological polar surface area (TPSA) is 87.0 Å². The molecule has 9 heteroatoms. The molecule has 2 saturated heterocycles. The molecule has 3 aromatic rings. The number of phenolic OH excluding ortho intramolecular Hbond substituents is 1. The quantitative estimate of drug-likeness (QED) is 0.619. The summed E-state index contributed by atoms with van der Waals surface area (Å²) in [5.74, 6) is -0.453. The van der Waals surface area contributed by atoms with Gasteiger partial charge in [0.05, 0.1) is 12.7 Å². The van der Waals surface area contributed by atoms with Crippen LogP contribution in [0.25, 0.3) is 5.52 Å². The molecule has 2 aromatic heterocycles. The van der Waals surface area contributed by atoms with Crippen molar-refractivity contribution in [1.29, 1.82) is 0 Å². The molecule has 5 rings (SSSR count). The molecule has 0 amide bonds. The van der Waals surface area contributed by atoms with Gasteiger partial charge in [0.1, 0.15) is 11.8 Å². The summed E-state index contributed by atoms with van der Waals surface area (Å²) in [6.07, 6.45) is 4.66. The number of anilines is 2. The number of piperidine rings is 1. The Balaban J connectivity index is 1.39. The lowest BCUT2D eigenvalue weighted by molar-refractivity contribution is -0.0488. The minimum atomic E-state index is -0.658. The van der Waals surface area contributed by atoms with Gasteiger partial charge in [-0.15, -0.1) is 0 Å². The van der Waals surface area contributed by atoms with Crippen LogP contribution < -0.4 is 10.6 Å². The Labute approximate surface area is 167 Å². The Bertz CT molecular complexity index is 1030. The fourth-order valence-electron chi connectivity index (χ4n) is 4.19. The van der Waals surface area contributed by atoms with Gasteiger partial charge in [-0.05, 0) is 30.2 Å². The van der Waals surface area contributed by atoms with Crippen molar-refractivity contribution in [2.45, 2.75) is 25.1 Å². The number of aromatic nitrogens is 3. The molecule has 29 heavy (non-hydrogen) atoms. The van der Waals surface area contributed by atoms with Crippen LogP contribution >= 0.6 is 0 Å². The summed E-state index contributed by atoms with van der Waals surface area (Å²) in [6.45, 7) is 4.33. The van der Waals surface area contributed by atoms with Gasteiger partial charge >= 0.3 is 0 Å². The third-order valence-electron chi connectivity index (χ3n) is 5.62. The maximum atomic E-state index is 13.4. The average Bonchev–Trinajstić information content (AvgIpc) is 3.14. The lowest BCUT2D eigenvalue weighted by Gasteiger charge is -2.41. The number of nitrogens with one attached hydrogen (secondary N) is 2. The Morgan fingerprint density at radius 1 is 1.34 bits per heavy atom. The van der Waals surface area contributed by atoms with Crippen LogP contribution in [0.15, 0.2) is 36.8 Å². The van der Waals surface area contributed by atoms with Gasteiger partial charge < -0.3 is 20.5 Å². The first kappa shape index (κ1) is 18.3. The Hall–Kier alpha value is -2.75. The normalized spacial score (nSPS) is 22.5. The molecule has 0 spiro atoms. The van der Waals surface area contributed by atoms with E-state index in [0.717, 1.165) is 50.3 Å². The molecule has 0 saturated carbocycles. The van der Waals surface area contributed by atoms with E-state index < -0.39 is 11.6 Å². The number of hydrogen-bond acceptors (Lipinski definition) is 7. The van der Waals surface area contributed by atoms with Crippen molar-refractivity contribution < 1.29 is 14.2 Å². The zero-order valence-corrected chi connectivity index (χ0v) is 15.9. The highest BCUT2D eigenvalue weighted by Gasteiger charge is 2.32. The van der Waals surface area contributed by atoms with Gasteiger partial charge in [-0.1, -0.05) is 0 Å². The van der Waals surface area contributed by atoms with E-state index >= 15 is 0 Å². The molecule has 0 bridgehead atoms. The van der Waals surface area contributed by atoms with Crippen molar-refractivity contribution in [3.8, 4) is 5.75 Å². The first-order valence-corrected chi connectivity index (χ1v) is 9.81. The maximum Gasteiger partial charge on any atom is 0.164 e. The summed E-state index contributed by atoms with van der Waals surface area (Å²) >= 11 is 0. The fraction of sp³-hybridized carbons (Fsp3) is 0.400. The SMILES string of the molecule is Oc1cc(Nc2ncnn3ccc(CN4CC[C@H]5NCCO[C@@H]5C4)c23)ccc1F. The minimum absolute atomic E-state index is 0.224. The summed E-state index contributed by atoms with van der Waals surface area (Å²) < 4.78 is 21.1. The van der Waals surface area contributed by atoms with Crippen LogP contribution in [-0.4, -0.2) is 63.0 Å². The Morgan fingerprint density at radius 3 is 3.17 bits per heavy atom. The van der Waals surface area contributed by atoms with Gasteiger partial charge in [0, 0.05) is 50.2 Å². The van der Waals surface area contributed by atoms with E-state index in [1.165, 1.54) is 18.5 Å². The monoisotopic (exact) mass is 398 g/mol. The van der Waals surface area contributed by atoms with E-state index in [0.29, 0.717) is 17.5 Å². The number of likely N-dealkylation sites (tertiary alicyclic amines) is 1. The van der Waals surface area contributed by atoms with Gasteiger partial charge in [-0.2, -0.15) is 5.10 Å². The average molecular weight is 398 g/mol. The first-order chi connectivity index (χ1) is 14.2. The van der Waals surface area contributed by atoms with Crippen LogP contribution in [0.5, 0.6) is 5.75 Å². The summed E-state index contributed by atoms with van der Waals surface area (Å²) in [6, 6.07) is 6.61. The number of morpholine rings is 1. The molecular weight excluding hydrogens is 375 g/mol. The van der Waals surface area contributed by atoms with Crippen molar-refractivity contribution in [2.75, 3.05) is 31.6 Å². The molecule has 152 valence electrons. The van der Waals surface area contributed by atoms with Crippen LogP contribution in [0, 0.1) is 5.82 Å². The van der Waals surface area contributed by atoms with E-state index in [9.17, 15) is 9.50 Å². The van der Waals surface area contributed by atoms with Gasteiger partial charge in [0.25, 0.3) is 0 Å². The predicted octanol–water partition coefficient (Wildman–Crippen LogP) is 1.88. The standard InChI is InChI=1S/C20H23FN6O2/c21-15-2-1-14(9-17(15)28)25-20-19-13(3-7-27(19)24-12-23-20)10-26-6-4-16-18(11-26)29-8-5-22-16/h1-3,7,9,12,16,18,22,28H,4-6,8,10-11H2,(H,23,24,25)/t16-,18-/m1/s1. The number of benzene rings is 1. The number of phenols is 1. The van der Waals surface area contributed by atoms with Gasteiger partial charge in [-0.25, -0.2) is 13.9 Å². The van der Waals surface area contributed by atoms with Gasteiger partial charge in [0.15, 0.2) is 17.4 Å². The second kappa shape index (κ2) is 7.58. The summed E-state index contributed by atoms with van der Waals surface area (Å²) in [4.78, 5) is 6.77. The molecule has 0 unspecified atom stereocenters. The molecule has 2 aliphatic rings. The molecule has 0 radical (unpaired) electrons. The Morgan fingerprint density at radius 2 is 2.28 bits per heavy atom. The molecule has 4 heterocycles. The smallest absolute Gasteiger partial charge is 0.164 e. The van der Waals surface area contributed by atoms with Crippen LogP contribution in [0.1, 0.15) is 12.0 Å². The number of fused-ring (bicyclic) bond motifs is 2. The second-order valence-electron chi connectivity index (χ2n) is 7.53. The highest BCUT2D eigenvalue weighted by atomic mass is 19.1. The largest absolute Gasteiger partial charge is 0.505 e. The van der Waals surface area contributed by atoms with Gasteiger partial charge in [-0.3, -0.25) is 4.90 Å². The van der Waals surface area contributed by atoms with E-state index in [-0.39, 0.29) is 6.10 Å². The minimum Gasteiger partial charge on any atom is -0.505 e. The fourth-order valence-corrected chi connectivity index (χ4v) is 4.19. The third-order valence-corrected chi connectivity index (χ3v) is 5.62. The van der Waals surface area contributed by atoms with Crippen molar-refractivity contribution in [1.82, 2.24) is 24.8 Å². The van der Waals surface area contributed by atoms with Crippen molar-refractivity contribution in [3.05, 3.63) is 48.2 Å². The third kappa shape index (κ3) is 3.64. The highest BCUT2D eigenvalue weighted by molar-refractivity contribution is 5.76. The second-order valence-corrected chi connectivity index (χ2v) is 7.53. The van der Waals surface area contributed by atoms with E-state index in [1.54, 1.807) is 10.6 Å². The number of rotatable bonds is 4.